The zero-order chi connectivity index (χ0) is 15.9. The number of aromatic hydroxyl groups is 1. The molecule has 0 amide bonds. The Morgan fingerprint density at radius 1 is 1.00 bits per heavy atom. The van der Waals surface area contributed by atoms with Gasteiger partial charge in [0.2, 0.25) is 0 Å². The van der Waals surface area contributed by atoms with Crippen molar-refractivity contribution < 1.29 is 24.2 Å². The fourth-order valence-electron chi connectivity index (χ4n) is 1.81. The van der Waals surface area contributed by atoms with E-state index in [1.807, 2.05) is 6.07 Å². The Labute approximate surface area is 132 Å². The van der Waals surface area contributed by atoms with Gasteiger partial charge >= 0.3 is 5.43 Å². The summed E-state index contributed by atoms with van der Waals surface area (Å²) >= 11 is 5.00. The third-order valence-corrected chi connectivity index (χ3v) is 2.92. The number of hydrogen-bond donors (Lipinski definition) is 1. The van der Waals surface area contributed by atoms with Crippen molar-refractivity contribution in [1.29, 1.82) is 0 Å². The summed E-state index contributed by atoms with van der Waals surface area (Å²) in [5, 5.41) is 9.88. The summed E-state index contributed by atoms with van der Waals surface area (Å²) in [7, 11) is 0. The molecule has 0 aliphatic heterocycles. The molecule has 114 valence electrons. The van der Waals surface area contributed by atoms with Gasteiger partial charge < -0.3 is 14.6 Å². The molecule has 0 atom stereocenters. The van der Waals surface area contributed by atoms with Crippen molar-refractivity contribution in [2.45, 2.75) is 0 Å². The normalized spacial score (nSPS) is 10.0. The molecule has 0 radical (unpaired) electrons. The summed E-state index contributed by atoms with van der Waals surface area (Å²) in [5.41, 5.74) is -0.0375. The van der Waals surface area contributed by atoms with Gasteiger partial charge in [-0.05, 0) is 18.2 Å². The summed E-state index contributed by atoms with van der Waals surface area (Å²) < 4.78 is 9.72. The molecule has 0 aliphatic carbocycles. The molecule has 6 heteroatoms. The van der Waals surface area contributed by atoms with Crippen LogP contribution in [0.3, 0.4) is 0 Å². The van der Waals surface area contributed by atoms with Crippen molar-refractivity contribution in [3.8, 4) is 11.5 Å². The Morgan fingerprint density at radius 2 is 1.73 bits per heavy atom. The minimum Gasteiger partial charge on any atom is -0.504 e. The first-order valence-electron chi connectivity index (χ1n) is 6.46. The van der Waals surface area contributed by atoms with E-state index in [1.165, 1.54) is 12.1 Å². The van der Waals surface area contributed by atoms with E-state index in [1.54, 1.807) is 30.3 Å². The van der Waals surface area contributed by atoms with E-state index in [4.69, 9.17) is 16.3 Å². The predicted molar refractivity (Wildman–Crippen MR) is 80.7 cm³/mol. The van der Waals surface area contributed by atoms with Crippen LogP contribution in [0.15, 0.2) is 48.5 Å². The Balaban J connectivity index is 2.03. The van der Waals surface area contributed by atoms with Crippen LogP contribution in [0.2, 0.25) is 0 Å². The number of ketones is 1. The highest BCUT2D eigenvalue weighted by Crippen LogP contribution is 2.27. The van der Waals surface area contributed by atoms with Gasteiger partial charge in [0.25, 0.3) is 0 Å². The van der Waals surface area contributed by atoms with Gasteiger partial charge in [-0.25, -0.2) is 4.79 Å². The van der Waals surface area contributed by atoms with Crippen molar-refractivity contribution in [3.63, 3.8) is 0 Å². The highest BCUT2D eigenvalue weighted by atomic mass is 35.5. The smallest absolute Gasteiger partial charge is 0.403 e. The average molecular weight is 321 g/mol. The molecule has 2 aromatic carbocycles. The average Bonchev–Trinajstić information content (AvgIpc) is 2.52. The Morgan fingerprint density at radius 3 is 2.36 bits per heavy atom. The summed E-state index contributed by atoms with van der Waals surface area (Å²) in [5.74, 6) is -0.173. The Hall–Kier alpha value is -2.53. The number of phenolic OH excluding ortho intramolecular Hbond substituents is 1. The lowest BCUT2D eigenvalue weighted by atomic mass is 10.0. The van der Waals surface area contributed by atoms with E-state index in [9.17, 15) is 14.7 Å². The third-order valence-electron chi connectivity index (χ3n) is 2.81. The first-order chi connectivity index (χ1) is 10.6. The monoisotopic (exact) mass is 320 g/mol. The molecular weight excluding hydrogens is 308 g/mol. The molecule has 22 heavy (non-hydrogen) atoms. The van der Waals surface area contributed by atoms with Crippen molar-refractivity contribution in [3.05, 3.63) is 59.7 Å². The van der Waals surface area contributed by atoms with E-state index < -0.39 is 5.43 Å². The van der Waals surface area contributed by atoms with Crippen molar-refractivity contribution >= 4 is 22.8 Å². The maximum Gasteiger partial charge on any atom is 0.403 e. The summed E-state index contributed by atoms with van der Waals surface area (Å²) in [6, 6.07) is 13.1. The van der Waals surface area contributed by atoms with Gasteiger partial charge in [0.05, 0.1) is 0 Å². The molecule has 0 unspecified atom stereocenters. The standard InChI is InChI=1S/C16H13ClO5/c17-16(20)22-9-8-21-14-7-6-12(10-13(14)18)15(19)11-4-2-1-3-5-11/h1-7,10,18H,8-9H2. The highest BCUT2D eigenvalue weighted by Gasteiger charge is 2.12. The van der Waals surface area contributed by atoms with Crippen LogP contribution in [0.4, 0.5) is 4.79 Å². The summed E-state index contributed by atoms with van der Waals surface area (Å²) in [6.07, 6.45) is 0. The topological polar surface area (TPSA) is 72.8 Å². The molecule has 0 fully saturated rings. The number of ether oxygens (including phenoxy) is 2. The Bertz CT molecular complexity index is 669. The van der Waals surface area contributed by atoms with E-state index in [0.29, 0.717) is 11.1 Å². The van der Waals surface area contributed by atoms with Gasteiger partial charge in [-0.3, -0.25) is 4.79 Å². The molecule has 0 saturated heterocycles. The van der Waals surface area contributed by atoms with Crippen LogP contribution in [-0.4, -0.2) is 29.5 Å². The van der Waals surface area contributed by atoms with Gasteiger partial charge in [-0.2, -0.15) is 0 Å². The zero-order valence-corrected chi connectivity index (χ0v) is 12.2. The number of carbonyl (C=O) groups excluding carboxylic acids is 2. The van der Waals surface area contributed by atoms with Crippen LogP contribution < -0.4 is 4.74 Å². The van der Waals surface area contributed by atoms with Crippen molar-refractivity contribution in [1.82, 2.24) is 0 Å². The molecule has 0 aromatic heterocycles. The SMILES string of the molecule is O=C(Cl)OCCOc1ccc(C(=O)c2ccccc2)cc1O. The first kappa shape index (κ1) is 15.9. The molecule has 5 nitrogen and oxygen atoms in total. The number of hydrogen-bond acceptors (Lipinski definition) is 5. The van der Waals surface area contributed by atoms with Gasteiger partial charge in [0.1, 0.15) is 13.2 Å². The van der Waals surface area contributed by atoms with Gasteiger partial charge in [-0.15, -0.1) is 0 Å². The number of benzene rings is 2. The van der Waals surface area contributed by atoms with Crippen molar-refractivity contribution in [2.75, 3.05) is 13.2 Å². The second-order valence-corrected chi connectivity index (χ2v) is 4.62. The summed E-state index contributed by atoms with van der Waals surface area (Å²) in [6.45, 7) is 0.00443. The lowest BCUT2D eigenvalue weighted by molar-refractivity contribution is 0.103. The second-order valence-electron chi connectivity index (χ2n) is 4.31. The van der Waals surface area contributed by atoms with Crippen LogP contribution in [0.25, 0.3) is 0 Å². The number of phenols is 1. The number of carbonyl (C=O) groups is 2. The number of rotatable bonds is 6. The van der Waals surface area contributed by atoms with Crippen LogP contribution in [0.5, 0.6) is 11.5 Å². The molecule has 0 spiro atoms. The maximum atomic E-state index is 12.2. The summed E-state index contributed by atoms with van der Waals surface area (Å²) in [4.78, 5) is 22.6. The molecular formula is C16H13ClO5. The van der Waals surface area contributed by atoms with E-state index in [0.717, 1.165) is 0 Å². The quantitative estimate of drug-likeness (QED) is 0.502. The zero-order valence-electron chi connectivity index (χ0n) is 11.5. The van der Waals surface area contributed by atoms with Crippen LogP contribution in [0, 0.1) is 0 Å². The van der Waals surface area contributed by atoms with Crippen molar-refractivity contribution in [2.24, 2.45) is 0 Å². The minimum absolute atomic E-state index is 0.0352. The van der Waals surface area contributed by atoms with E-state index in [2.05, 4.69) is 4.74 Å². The first-order valence-corrected chi connectivity index (χ1v) is 6.83. The van der Waals surface area contributed by atoms with Gasteiger partial charge in [0, 0.05) is 22.7 Å². The number of halogens is 1. The van der Waals surface area contributed by atoms with Crippen LogP contribution >= 0.6 is 11.6 Å². The molecule has 2 rings (SSSR count). The fraction of sp³-hybridized carbons (Fsp3) is 0.125. The third kappa shape index (κ3) is 4.23. The second kappa shape index (κ2) is 7.47. The maximum absolute atomic E-state index is 12.2. The lowest BCUT2D eigenvalue weighted by Gasteiger charge is -2.09. The molecule has 0 bridgehead atoms. The highest BCUT2D eigenvalue weighted by molar-refractivity contribution is 6.61. The van der Waals surface area contributed by atoms with E-state index in [-0.39, 0.29) is 30.5 Å². The molecule has 0 heterocycles. The Kier molecular flexibility index (Phi) is 5.38. The largest absolute Gasteiger partial charge is 0.504 e. The minimum atomic E-state index is -0.920. The molecule has 0 aliphatic rings. The van der Waals surface area contributed by atoms with E-state index >= 15 is 0 Å². The van der Waals surface area contributed by atoms with Gasteiger partial charge in [-0.1, -0.05) is 30.3 Å². The molecule has 1 N–H and O–H groups in total. The van der Waals surface area contributed by atoms with Gasteiger partial charge in [0.15, 0.2) is 17.3 Å². The lowest BCUT2D eigenvalue weighted by Crippen LogP contribution is -2.08. The predicted octanol–water partition coefficient (Wildman–Crippen LogP) is 3.38. The molecule has 2 aromatic rings. The molecule has 0 saturated carbocycles. The fourth-order valence-corrected chi connectivity index (χ4v) is 1.89. The van der Waals surface area contributed by atoms with Crippen LogP contribution in [-0.2, 0) is 4.74 Å². The van der Waals surface area contributed by atoms with Crippen LogP contribution in [0.1, 0.15) is 15.9 Å².